The maximum atomic E-state index is 12.4. The number of para-hydroxylation sites is 1. The molecule has 2 bridgehead atoms. The third-order valence-corrected chi connectivity index (χ3v) is 7.83. The minimum absolute atomic E-state index is 0.263. The first-order chi connectivity index (χ1) is 18.6. The molecule has 1 amide bonds. The minimum Gasteiger partial charge on any atom is -0.495 e. The maximum Gasteiger partial charge on any atom is 0.222 e. The molecule has 6 rings (SSSR count). The number of piperazine rings is 1. The summed E-state index contributed by atoms with van der Waals surface area (Å²) in [7, 11) is 1.68. The van der Waals surface area contributed by atoms with Crippen LogP contribution in [0.2, 0.25) is 0 Å². The highest BCUT2D eigenvalue weighted by Gasteiger charge is 2.42. The van der Waals surface area contributed by atoms with Crippen LogP contribution in [0.1, 0.15) is 31.7 Å². The van der Waals surface area contributed by atoms with Crippen LogP contribution in [0.3, 0.4) is 0 Å². The van der Waals surface area contributed by atoms with Crippen LogP contribution in [0.5, 0.6) is 5.75 Å². The van der Waals surface area contributed by atoms with Crippen LogP contribution < -0.4 is 9.64 Å². The number of ether oxygens (including phenoxy) is 1. The van der Waals surface area contributed by atoms with E-state index in [1.165, 1.54) is 0 Å². The summed E-state index contributed by atoms with van der Waals surface area (Å²) in [5, 5.41) is 10.1. The summed E-state index contributed by atoms with van der Waals surface area (Å²) < 4.78 is 5.91. The molecule has 2 atom stereocenters. The Labute approximate surface area is 222 Å². The number of pyridine rings is 2. The number of hydrogen-bond donors (Lipinski definition) is 0. The Morgan fingerprint density at radius 2 is 1.71 bits per heavy atom. The van der Waals surface area contributed by atoms with E-state index in [1.807, 2.05) is 61.8 Å². The predicted octanol–water partition coefficient (Wildman–Crippen LogP) is 5.43. The highest BCUT2D eigenvalue weighted by atomic mass is 16.5. The quantitative estimate of drug-likeness (QED) is 0.361. The Bertz CT molecular complexity index is 1530. The zero-order valence-electron chi connectivity index (χ0n) is 21.6. The van der Waals surface area contributed by atoms with Gasteiger partial charge in [0.15, 0.2) is 0 Å². The first-order valence-electron chi connectivity index (χ1n) is 13.1. The van der Waals surface area contributed by atoms with Crippen LogP contribution in [0.15, 0.2) is 67.0 Å². The molecule has 7 heteroatoms. The molecule has 2 aliphatic heterocycles. The number of benzene rings is 2. The zero-order chi connectivity index (χ0) is 26.2. The lowest BCUT2D eigenvalue weighted by Gasteiger charge is -2.41. The number of carbonyl (C=O) groups excluding carboxylic acids is 1. The summed E-state index contributed by atoms with van der Waals surface area (Å²) in [5.41, 5.74) is 5.28. The van der Waals surface area contributed by atoms with Crippen LogP contribution in [-0.2, 0) is 4.79 Å². The Hall–Kier alpha value is -4.44. The molecule has 0 radical (unpaired) electrons. The Morgan fingerprint density at radius 1 is 0.974 bits per heavy atom. The van der Waals surface area contributed by atoms with Gasteiger partial charge < -0.3 is 14.5 Å². The second kappa shape index (κ2) is 9.79. The maximum absolute atomic E-state index is 12.4. The number of anilines is 1. The van der Waals surface area contributed by atoms with E-state index >= 15 is 0 Å². The molecule has 2 aliphatic rings. The molecule has 2 aromatic heterocycles. The van der Waals surface area contributed by atoms with Crippen molar-refractivity contribution in [3.05, 3.63) is 72.6 Å². The van der Waals surface area contributed by atoms with E-state index in [4.69, 9.17) is 20.0 Å². The summed E-state index contributed by atoms with van der Waals surface area (Å²) in [4.78, 5) is 26.5. The average molecular weight is 504 g/mol. The van der Waals surface area contributed by atoms with Gasteiger partial charge in [-0.3, -0.25) is 9.78 Å². The van der Waals surface area contributed by atoms with E-state index < -0.39 is 0 Å². The highest BCUT2D eigenvalue weighted by molar-refractivity contribution is 6.00. The van der Waals surface area contributed by atoms with E-state index in [0.717, 1.165) is 70.7 Å². The molecule has 0 aliphatic carbocycles. The number of nitrogens with zero attached hydrogens (tertiary/aromatic N) is 5. The van der Waals surface area contributed by atoms with Crippen LogP contribution >= 0.6 is 0 Å². The Kier molecular flexibility index (Phi) is 6.16. The van der Waals surface area contributed by atoms with Gasteiger partial charge in [0, 0.05) is 66.1 Å². The topological polar surface area (TPSA) is 82.4 Å². The van der Waals surface area contributed by atoms with Gasteiger partial charge in [0.2, 0.25) is 5.91 Å². The zero-order valence-corrected chi connectivity index (χ0v) is 21.6. The van der Waals surface area contributed by atoms with Gasteiger partial charge in [0.1, 0.15) is 11.6 Å². The molecule has 4 heterocycles. The fourth-order valence-corrected chi connectivity index (χ4v) is 5.99. The smallest absolute Gasteiger partial charge is 0.222 e. The number of aromatic nitrogens is 2. The van der Waals surface area contributed by atoms with E-state index in [9.17, 15) is 4.79 Å². The van der Waals surface area contributed by atoms with E-state index in [-0.39, 0.29) is 18.0 Å². The summed E-state index contributed by atoms with van der Waals surface area (Å²) in [6.07, 6.45) is 6.43. The minimum atomic E-state index is 0.263. The SMILES string of the molecule is CCC(=O)N1[C@@H]2CC[C@H]1CN(c1ccc(-c3cnc4c(-c5ccc(C#N)cc5)cccc4c3OC)cn1)C2. The number of nitriles is 1. The van der Waals surface area contributed by atoms with E-state index in [1.54, 1.807) is 7.11 Å². The fourth-order valence-electron chi connectivity index (χ4n) is 5.99. The Balaban J connectivity index is 1.30. The molecule has 2 aromatic carbocycles. The van der Waals surface area contributed by atoms with Crippen molar-refractivity contribution < 1.29 is 9.53 Å². The van der Waals surface area contributed by atoms with Crippen molar-refractivity contribution in [2.45, 2.75) is 38.3 Å². The molecule has 7 nitrogen and oxygen atoms in total. The van der Waals surface area contributed by atoms with Crippen molar-refractivity contribution in [1.82, 2.24) is 14.9 Å². The average Bonchev–Trinajstić information content (AvgIpc) is 3.24. The van der Waals surface area contributed by atoms with Crippen molar-refractivity contribution in [2.75, 3.05) is 25.1 Å². The highest BCUT2D eigenvalue weighted by Crippen LogP contribution is 2.39. The predicted molar refractivity (Wildman–Crippen MR) is 148 cm³/mol. The summed E-state index contributed by atoms with van der Waals surface area (Å²) in [5.74, 6) is 1.95. The van der Waals surface area contributed by atoms with Crippen LogP contribution in [0.4, 0.5) is 5.82 Å². The van der Waals surface area contributed by atoms with Crippen molar-refractivity contribution in [3.8, 4) is 34.1 Å². The fraction of sp³-hybridized carbons (Fsp3) is 0.290. The lowest BCUT2D eigenvalue weighted by Crippen LogP contribution is -2.56. The summed E-state index contributed by atoms with van der Waals surface area (Å²) >= 11 is 0. The summed E-state index contributed by atoms with van der Waals surface area (Å²) in [6.45, 7) is 3.60. The number of fused-ring (bicyclic) bond motifs is 3. The molecule has 190 valence electrons. The molecular formula is C31H29N5O2. The van der Waals surface area contributed by atoms with Crippen molar-refractivity contribution in [3.63, 3.8) is 0 Å². The molecule has 0 unspecified atom stereocenters. The standard InChI is InChI=1S/C31H29N5O2/c1-3-29(37)36-23-12-13-24(36)19-35(18-23)28-14-11-22(16-33-28)27-17-34-30-25(5-4-6-26(30)31(27)38-2)21-9-7-20(15-32)8-10-21/h4-11,14,16-17,23-24H,3,12-13,18-19H2,1-2H3/t23-,24+. The second-order valence-electron chi connectivity index (χ2n) is 9.95. The monoisotopic (exact) mass is 503 g/mol. The van der Waals surface area contributed by atoms with Gasteiger partial charge in [-0.25, -0.2) is 4.98 Å². The number of carbonyl (C=O) groups is 1. The molecular weight excluding hydrogens is 474 g/mol. The van der Waals surface area contributed by atoms with Gasteiger partial charge in [-0.15, -0.1) is 0 Å². The molecule has 0 spiro atoms. The molecule has 0 saturated carbocycles. The number of amides is 1. The second-order valence-corrected chi connectivity index (χ2v) is 9.95. The van der Waals surface area contributed by atoms with Crippen molar-refractivity contribution in [2.24, 2.45) is 0 Å². The molecule has 2 saturated heterocycles. The Morgan fingerprint density at radius 3 is 2.34 bits per heavy atom. The third kappa shape index (κ3) is 4.03. The first-order valence-corrected chi connectivity index (χ1v) is 13.1. The van der Waals surface area contributed by atoms with Gasteiger partial charge in [-0.05, 0) is 48.7 Å². The van der Waals surface area contributed by atoms with Gasteiger partial charge in [-0.2, -0.15) is 5.26 Å². The molecule has 2 fully saturated rings. The number of methoxy groups -OCH3 is 1. The molecule has 0 N–H and O–H groups in total. The van der Waals surface area contributed by atoms with Crippen LogP contribution in [0, 0.1) is 11.3 Å². The van der Waals surface area contributed by atoms with E-state index in [0.29, 0.717) is 12.0 Å². The van der Waals surface area contributed by atoms with Gasteiger partial charge >= 0.3 is 0 Å². The van der Waals surface area contributed by atoms with E-state index in [2.05, 4.69) is 28.0 Å². The lowest BCUT2D eigenvalue weighted by molar-refractivity contribution is -0.134. The van der Waals surface area contributed by atoms with Crippen molar-refractivity contribution >= 4 is 22.6 Å². The number of rotatable bonds is 5. The first kappa shape index (κ1) is 23.9. The summed E-state index contributed by atoms with van der Waals surface area (Å²) in [6, 6.07) is 20.4. The normalized spacial score (nSPS) is 18.4. The van der Waals surface area contributed by atoms with Gasteiger partial charge in [0.05, 0.1) is 24.3 Å². The van der Waals surface area contributed by atoms with Gasteiger partial charge in [-0.1, -0.05) is 31.2 Å². The molecule has 38 heavy (non-hydrogen) atoms. The molecule has 4 aromatic rings. The van der Waals surface area contributed by atoms with Crippen LogP contribution in [0.25, 0.3) is 33.2 Å². The van der Waals surface area contributed by atoms with Crippen LogP contribution in [-0.4, -0.2) is 53.1 Å². The number of hydrogen-bond acceptors (Lipinski definition) is 6. The lowest BCUT2D eigenvalue weighted by atomic mass is 9.98. The third-order valence-electron chi connectivity index (χ3n) is 7.83. The van der Waals surface area contributed by atoms with Gasteiger partial charge in [0.25, 0.3) is 0 Å². The largest absolute Gasteiger partial charge is 0.495 e. The van der Waals surface area contributed by atoms with Crippen molar-refractivity contribution in [1.29, 1.82) is 5.26 Å².